The summed E-state index contributed by atoms with van der Waals surface area (Å²) in [4.78, 5) is 11.9. The number of alkyl halides is 2. The summed E-state index contributed by atoms with van der Waals surface area (Å²) in [6, 6.07) is 3.79. The highest BCUT2D eigenvalue weighted by atomic mass is 35.5. The van der Waals surface area contributed by atoms with Gasteiger partial charge >= 0.3 is 0 Å². The van der Waals surface area contributed by atoms with E-state index in [1.165, 1.54) is 0 Å². The molecule has 1 aliphatic rings. The molecule has 1 amide bonds. The SMILES string of the molecule is CC(NC(=O)C1CC(F)(F)CN1)c1cccc(Cl)c1Cl.Cl. The van der Waals surface area contributed by atoms with Gasteiger partial charge in [0.05, 0.1) is 28.7 Å². The molecule has 1 aliphatic heterocycles. The zero-order chi connectivity index (χ0) is 14.9. The van der Waals surface area contributed by atoms with Crippen LogP contribution < -0.4 is 10.6 Å². The summed E-state index contributed by atoms with van der Waals surface area (Å²) < 4.78 is 26.1. The molecule has 0 radical (unpaired) electrons. The van der Waals surface area contributed by atoms with Gasteiger partial charge in [0.25, 0.3) is 5.92 Å². The van der Waals surface area contributed by atoms with Gasteiger partial charge in [-0.15, -0.1) is 12.4 Å². The van der Waals surface area contributed by atoms with E-state index in [9.17, 15) is 13.6 Å². The zero-order valence-corrected chi connectivity index (χ0v) is 13.5. The van der Waals surface area contributed by atoms with Gasteiger partial charge < -0.3 is 5.32 Å². The summed E-state index contributed by atoms with van der Waals surface area (Å²) in [6.07, 6.45) is -0.491. The summed E-state index contributed by atoms with van der Waals surface area (Å²) in [5, 5.41) is 5.91. The number of hydrogen-bond acceptors (Lipinski definition) is 2. The Morgan fingerprint density at radius 3 is 2.71 bits per heavy atom. The van der Waals surface area contributed by atoms with Gasteiger partial charge in [0.1, 0.15) is 0 Å². The van der Waals surface area contributed by atoms with Crippen LogP contribution in [-0.4, -0.2) is 24.4 Å². The summed E-state index contributed by atoms with van der Waals surface area (Å²) in [7, 11) is 0. The number of carbonyl (C=O) groups excluding carboxylic acids is 1. The van der Waals surface area contributed by atoms with E-state index in [1.54, 1.807) is 25.1 Å². The second-order valence-electron chi connectivity index (χ2n) is 4.87. The van der Waals surface area contributed by atoms with Crippen LogP contribution in [0.4, 0.5) is 8.78 Å². The quantitative estimate of drug-likeness (QED) is 0.866. The lowest BCUT2D eigenvalue weighted by Gasteiger charge is -2.19. The molecule has 0 aliphatic carbocycles. The molecule has 0 bridgehead atoms. The third-order valence-electron chi connectivity index (χ3n) is 3.23. The molecular weight excluding hydrogens is 345 g/mol. The number of amides is 1. The van der Waals surface area contributed by atoms with E-state index in [4.69, 9.17) is 23.2 Å². The minimum atomic E-state index is -2.83. The molecule has 2 unspecified atom stereocenters. The van der Waals surface area contributed by atoms with E-state index < -0.39 is 36.9 Å². The van der Waals surface area contributed by atoms with Gasteiger partial charge in [-0.2, -0.15) is 0 Å². The normalized spacial score (nSPS) is 21.5. The predicted octanol–water partition coefficient (Wildman–Crippen LogP) is 3.59. The van der Waals surface area contributed by atoms with E-state index >= 15 is 0 Å². The number of hydrogen-bond donors (Lipinski definition) is 2. The van der Waals surface area contributed by atoms with Crippen LogP contribution in [0.3, 0.4) is 0 Å². The largest absolute Gasteiger partial charge is 0.348 e. The summed E-state index contributed by atoms with van der Waals surface area (Å²) >= 11 is 12.0. The van der Waals surface area contributed by atoms with Crippen molar-refractivity contribution in [1.29, 1.82) is 0 Å². The van der Waals surface area contributed by atoms with Crippen molar-refractivity contribution in [2.75, 3.05) is 6.54 Å². The van der Waals surface area contributed by atoms with Gasteiger partial charge in [0.15, 0.2) is 0 Å². The fraction of sp³-hybridized carbons (Fsp3) is 0.462. The van der Waals surface area contributed by atoms with Crippen LogP contribution in [0.15, 0.2) is 18.2 Å². The number of benzene rings is 1. The van der Waals surface area contributed by atoms with E-state index in [0.29, 0.717) is 15.6 Å². The van der Waals surface area contributed by atoms with E-state index in [-0.39, 0.29) is 12.4 Å². The van der Waals surface area contributed by atoms with Crippen molar-refractivity contribution in [2.45, 2.75) is 31.4 Å². The fourth-order valence-electron chi connectivity index (χ4n) is 2.15. The number of carbonyl (C=O) groups is 1. The monoisotopic (exact) mass is 358 g/mol. The van der Waals surface area contributed by atoms with Gasteiger partial charge in [-0.3, -0.25) is 10.1 Å². The minimum absolute atomic E-state index is 0. The maximum Gasteiger partial charge on any atom is 0.262 e. The molecule has 1 saturated heterocycles. The van der Waals surface area contributed by atoms with Gasteiger partial charge in [0.2, 0.25) is 5.91 Å². The van der Waals surface area contributed by atoms with Crippen LogP contribution in [0.5, 0.6) is 0 Å². The molecule has 0 spiro atoms. The molecule has 0 aromatic heterocycles. The lowest BCUT2D eigenvalue weighted by molar-refractivity contribution is -0.124. The lowest BCUT2D eigenvalue weighted by atomic mass is 10.1. The van der Waals surface area contributed by atoms with Crippen molar-refractivity contribution < 1.29 is 13.6 Å². The van der Waals surface area contributed by atoms with Gasteiger partial charge in [-0.05, 0) is 18.6 Å². The fourth-order valence-corrected chi connectivity index (χ4v) is 2.62. The number of halogens is 5. The molecule has 118 valence electrons. The van der Waals surface area contributed by atoms with Crippen LogP contribution in [0.1, 0.15) is 24.9 Å². The molecule has 21 heavy (non-hydrogen) atoms. The van der Waals surface area contributed by atoms with E-state index in [2.05, 4.69) is 10.6 Å². The Morgan fingerprint density at radius 1 is 1.48 bits per heavy atom. The molecule has 3 nitrogen and oxygen atoms in total. The molecule has 0 saturated carbocycles. The van der Waals surface area contributed by atoms with Crippen molar-refractivity contribution in [3.05, 3.63) is 33.8 Å². The Balaban J connectivity index is 0.00000220. The van der Waals surface area contributed by atoms with E-state index in [0.717, 1.165) is 0 Å². The third kappa shape index (κ3) is 4.42. The van der Waals surface area contributed by atoms with Crippen molar-refractivity contribution in [3.63, 3.8) is 0 Å². The Hall–Kier alpha value is -0.620. The minimum Gasteiger partial charge on any atom is -0.348 e. The van der Waals surface area contributed by atoms with Crippen LogP contribution in [0.25, 0.3) is 0 Å². The summed E-state index contributed by atoms with van der Waals surface area (Å²) in [6.45, 7) is 1.25. The maximum atomic E-state index is 13.1. The van der Waals surface area contributed by atoms with Crippen molar-refractivity contribution >= 4 is 41.5 Å². The van der Waals surface area contributed by atoms with E-state index in [1.807, 2.05) is 0 Å². The first-order valence-electron chi connectivity index (χ1n) is 6.16. The summed E-state index contributed by atoms with van der Waals surface area (Å²) in [5.41, 5.74) is 0.650. The number of nitrogens with one attached hydrogen (secondary N) is 2. The average molecular weight is 360 g/mol. The first-order valence-corrected chi connectivity index (χ1v) is 6.91. The van der Waals surface area contributed by atoms with Gasteiger partial charge in [0, 0.05) is 6.42 Å². The molecule has 2 atom stereocenters. The predicted molar refractivity (Wildman–Crippen MR) is 81.6 cm³/mol. The molecule has 1 aromatic carbocycles. The Kier molecular flexibility index (Phi) is 6.23. The second kappa shape index (κ2) is 7.09. The molecule has 1 heterocycles. The topological polar surface area (TPSA) is 41.1 Å². The molecular formula is C13H15Cl3F2N2O. The molecule has 2 N–H and O–H groups in total. The van der Waals surface area contributed by atoms with Gasteiger partial charge in [-0.25, -0.2) is 8.78 Å². The highest BCUT2D eigenvalue weighted by Gasteiger charge is 2.42. The zero-order valence-electron chi connectivity index (χ0n) is 11.1. The molecule has 8 heteroatoms. The van der Waals surface area contributed by atoms with Gasteiger partial charge in [-0.1, -0.05) is 35.3 Å². The standard InChI is InChI=1S/C13H14Cl2F2N2O.ClH/c1-7(8-3-2-4-9(14)11(8)15)19-12(20)10-5-13(16,17)6-18-10;/h2-4,7,10,18H,5-6H2,1H3,(H,19,20);1H. The molecule has 2 rings (SSSR count). The third-order valence-corrected chi connectivity index (χ3v) is 4.07. The Morgan fingerprint density at radius 2 is 2.14 bits per heavy atom. The van der Waals surface area contributed by atoms with Crippen LogP contribution in [0.2, 0.25) is 10.0 Å². The van der Waals surface area contributed by atoms with Crippen LogP contribution in [-0.2, 0) is 4.79 Å². The lowest BCUT2D eigenvalue weighted by Crippen LogP contribution is -2.41. The summed E-state index contributed by atoms with van der Waals surface area (Å²) in [5.74, 6) is -3.30. The smallest absolute Gasteiger partial charge is 0.262 e. The number of rotatable bonds is 3. The molecule has 1 fully saturated rings. The highest BCUT2D eigenvalue weighted by Crippen LogP contribution is 2.30. The first-order chi connectivity index (χ1) is 9.30. The van der Waals surface area contributed by atoms with Crippen molar-refractivity contribution in [3.8, 4) is 0 Å². The Labute approximate surface area is 137 Å². The van der Waals surface area contributed by atoms with Crippen LogP contribution in [0, 0.1) is 0 Å². The maximum absolute atomic E-state index is 13.1. The average Bonchev–Trinajstić information content (AvgIpc) is 2.73. The van der Waals surface area contributed by atoms with Crippen LogP contribution >= 0.6 is 35.6 Å². The molecule has 1 aromatic rings. The van der Waals surface area contributed by atoms with Crippen molar-refractivity contribution in [2.24, 2.45) is 0 Å². The second-order valence-corrected chi connectivity index (χ2v) is 5.65. The Bertz CT molecular complexity index is 528. The highest BCUT2D eigenvalue weighted by molar-refractivity contribution is 6.42. The van der Waals surface area contributed by atoms with Crippen molar-refractivity contribution in [1.82, 2.24) is 10.6 Å². The first kappa shape index (κ1) is 18.4.